The van der Waals surface area contributed by atoms with Gasteiger partial charge in [0, 0.05) is 7.05 Å². The second-order valence-corrected chi connectivity index (χ2v) is 4.19. The predicted molar refractivity (Wildman–Crippen MR) is 68.3 cm³/mol. The smallest absolute Gasteiger partial charge is 0.281 e. The Bertz CT molecular complexity index is 743. The Hall–Kier alpha value is -2.43. The van der Waals surface area contributed by atoms with Crippen molar-refractivity contribution >= 4 is 11.2 Å². The van der Waals surface area contributed by atoms with Crippen LogP contribution in [0.25, 0.3) is 11.2 Å². The van der Waals surface area contributed by atoms with Gasteiger partial charge in [-0.05, 0) is 5.56 Å². The Morgan fingerprint density at radius 3 is 2.67 bits per heavy atom. The van der Waals surface area contributed by atoms with Crippen molar-refractivity contribution in [3.05, 3.63) is 58.9 Å². The zero-order chi connectivity index (χ0) is 12.5. The average molecular weight is 240 g/mol. The summed E-state index contributed by atoms with van der Waals surface area (Å²) >= 11 is 0. The first-order chi connectivity index (χ1) is 8.75. The van der Waals surface area contributed by atoms with Crippen molar-refractivity contribution in [2.75, 3.05) is 0 Å². The summed E-state index contributed by atoms with van der Waals surface area (Å²) in [5, 5.41) is 0. The molecule has 0 saturated carbocycles. The van der Waals surface area contributed by atoms with Gasteiger partial charge in [0.2, 0.25) is 0 Å². The summed E-state index contributed by atoms with van der Waals surface area (Å²) in [6.07, 6.45) is 3.18. The lowest BCUT2D eigenvalue weighted by atomic mass is 10.2. The molecule has 0 N–H and O–H groups in total. The van der Waals surface area contributed by atoms with Crippen LogP contribution in [-0.2, 0) is 13.6 Å². The second-order valence-electron chi connectivity index (χ2n) is 4.19. The normalized spacial score (nSPS) is 10.9. The van der Waals surface area contributed by atoms with Crippen molar-refractivity contribution in [3.63, 3.8) is 0 Å². The molecule has 0 radical (unpaired) electrons. The molecule has 0 aliphatic rings. The molecule has 0 bridgehead atoms. The van der Waals surface area contributed by atoms with Crippen LogP contribution in [0.1, 0.15) is 5.56 Å². The zero-order valence-electron chi connectivity index (χ0n) is 9.95. The molecule has 0 spiro atoms. The van der Waals surface area contributed by atoms with E-state index in [0.29, 0.717) is 17.7 Å². The van der Waals surface area contributed by atoms with Crippen LogP contribution in [0, 0.1) is 0 Å². The average Bonchev–Trinajstić information content (AvgIpc) is 2.79. The van der Waals surface area contributed by atoms with E-state index in [1.807, 2.05) is 34.9 Å². The fourth-order valence-electron chi connectivity index (χ4n) is 1.92. The summed E-state index contributed by atoms with van der Waals surface area (Å²) in [5.41, 5.74) is 2.07. The van der Waals surface area contributed by atoms with Crippen LogP contribution in [0.3, 0.4) is 0 Å². The van der Waals surface area contributed by atoms with Gasteiger partial charge in [-0.15, -0.1) is 0 Å². The molecule has 18 heavy (non-hydrogen) atoms. The minimum Gasteiger partial charge on any atom is -0.311 e. The van der Waals surface area contributed by atoms with Crippen molar-refractivity contribution in [1.29, 1.82) is 0 Å². The highest BCUT2D eigenvalue weighted by molar-refractivity contribution is 5.69. The second kappa shape index (κ2) is 4.10. The summed E-state index contributed by atoms with van der Waals surface area (Å²) in [7, 11) is 1.67. The first-order valence-corrected chi connectivity index (χ1v) is 5.66. The molecule has 3 rings (SSSR count). The Labute approximate surface area is 103 Å². The lowest BCUT2D eigenvalue weighted by Crippen LogP contribution is -2.17. The van der Waals surface area contributed by atoms with Gasteiger partial charge in [0.1, 0.15) is 0 Å². The van der Waals surface area contributed by atoms with Crippen LogP contribution in [0.4, 0.5) is 0 Å². The minimum absolute atomic E-state index is 0.119. The Morgan fingerprint density at radius 2 is 1.89 bits per heavy atom. The van der Waals surface area contributed by atoms with E-state index in [4.69, 9.17) is 0 Å². The van der Waals surface area contributed by atoms with E-state index in [-0.39, 0.29) is 5.56 Å². The maximum absolute atomic E-state index is 11.8. The van der Waals surface area contributed by atoms with Crippen molar-refractivity contribution in [2.45, 2.75) is 6.54 Å². The van der Waals surface area contributed by atoms with E-state index in [1.165, 1.54) is 10.9 Å². The minimum atomic E-state index is -0.119. The molecule has 0 atom stereocenters. The topological polar surface area (TPSA) is 52.7 Å². The molecule has 90 valence electrons. The number of fused-ring (bicyclic) bond motifs is 1. The number of benzene rings is 1. The number of aryl methyl sites for hydroxylation is 1. The van der Waals surface area contributed by atoms with Gasteiger partial charge in [-0.1, -0.05) is 30.3 Å². The van der Waals surface area contributed by atoms with E-state index in [2.05, 4.69) is 9.97 Å². The molecule has 0 unspecified atom stereocenters. The number of rotatable bonds is 2. The zero-order valence-corrected chi connectivity index (χ0v) is 9.95. The summed E-state index contributed by atoms with van der Waals surface area (Å²) in [6.45, 7) is 0.664. The van der Waals surface area contributed by atoms with Crippen LogP contribution in [-0.4, -0.2) is 19.1 Å². The number of hydrogen-bond donors (Lipinski definition) is 0. The summed E-state index contributed by atoms with van der Waals surface area (Å²) in [6, 6.07) is 10.0. The maximum atomic E-state index is 11.8. The molecule has 5 nitrogen and oxygen atoms in total. The number of hydrogen-bond acceptors (Lipinski definition) is 3. The van der Waals surface area contributed by atoms with Crippen LogP contribution in [0.5, 0.6) is 0 Å². The van der Waals surface area contributed by atoms with Crippen molar-refractivity contribution in [2.24, 2.45) is 7.05 Å². The van der Waals surface area contributed by atoms with Crippen molar-refractivity contribution in [3.8, 4) is 0 Å². The molecule has 0 amide bonds. The quantitative estimate of drug-likeness (QED) is 0.676. The molecule has 2 heterocycles. The Morgan fingerprint density at radius 1 is 1.11 bits per heavy atom. The standard InChI is InChI=1S/C13H12N4O/c1-16-8-15-12-11(13(16)18)14-9-17(12)7-10-5-3-2-4-6-10/h2-6,8-9H,7H2,1H3. The predicted octanol–water partition coefficient (Wildman–Crippen LogP) is 1.18. The lowest BCUT2D eigenvalue weighted by Gasteiger charge is -2.03. The molecule has 0 aliphatic heterocycles. The van der Waals surface area contributed by atoms with Gasteiger partial charge >= 0.3 is 0 Å². The summed E-state index contributed by atoms with van der Waals surface area (Å²) in [4.78, 5) is 20.2. The van der Waals surface area contributed by atoms with Crippen LogP contribution in [0.15, 0.2) is 47.8 Å². The van der Waals surface area contributed by atoms with Gasteiger partial charge in [-0.25, -0.2) is 9.97 Å². The van der Waals surface area contributed by atoms with E-state index in [0.717, 1.165) is 5.56 Å². The Balaban J connectivity index is 2.09. The first-order valence-electron chi connectivity index (χ1n) is 5.66. The van der Waals surface area contributed by atoms with Crippen molar-refractivity contribution < 1.29 is 0 Å². The SMILES string of the molecule is Cn1cnc2c(ncn2Cc2ccccc2)c1=O. The molecular formula is C13H12N4O. The lowest BCUT2D eigenvalue weighted by molar-refractivity contribution is 0.798. The molecule has 0 aliphatic carbocycles. The van der Waals surface area contributed by atoms with Crippen molar-refractivity contribution in [1.82, 2.24) is 19.1 Å². The molecule has 0 saturated heterocycles. The molecular weight excluding hydrogens is 228 g/mol. The third kappa shape index (κ3) is 1.69. The van der Waals surface area contributed by atoms with Gasteiger partial charge in [-0.3, -0.25) is 4.79 Å². The number of aromatic nitrogens is 4. The maximum Gasteiger partial charge on any atom is 0.281 e. The number of imidazole rings is 1. The van der Waals surface area contributed by atoms with Gasteiger partial charge in [0.25, 0.3) is 5.56 Å². The molecule has 5 heteroatoms. The highest BCUT2D eigenvalue weighted by atomic mass is 16.1. The van der Waals surface area contributed by atoms with E-state index in [9.17, 15) is 4.79 Å². The van der Waals surface area contributed by atoms with Crippen LogP contribution in [0.2, 0.25) is 0 Å². The Kier molecular flexibility index (Phi) is 2.44. The largest absolute Gasteiger partial charge is 0.311 e. The van der Waals surface area contributed by atoms with E-state index >= 15 is 0 Å². The fraction of sp³-hybridized carbons (Fsp3) is 0.154. The highest BCUT2D eigenvalue weighted by Gasteiger charge is 2.08. The van der Waals surface area contributed by atoms with Gasteiger partial charge in [0.15, 0.2) is 11.2 Å². The molecule has 2 aromatic heterocycles. The fourth-order valence-corrected chi connectivity index (χ4v) is 1.92. The molecule has 3 aromatic rings. The molecule has 0 fully saturated rings. The van der Waals surface area contributed by atoms with Gasteiger partial charge in [0.05, 0.1) is 19.2 Å². The van der Waals surface area contributed by atoms with Gasteiger partial charge < -0.3 is 9.13 Å². The highest BCUT2D eigenvalue weighted by Crippen LogP contribution is 2.08. The number of nitrogens with zero attached hydrogens (tertiary/aromatic N) is 4. The summed E-state index contributed by atoms with van der Waals surface area (Å²) < 4.78 is 3.31. The van der Waals surface area contributed by atoms with E-state index in [1.54, 1.807) is 13.4 Å². The molecule has 1 aromatic carbocycles. The first kappa shape index (κ1) is 10.7. The summed E-state index contributed by atoms with van der Waals surface area (Å²) in [5.74, 6) is 0. The third-order valence-corrected chi connectivity index (χ3v) is 2.88. The monoisotopic (exact) mass is 240 g/mol. The van der Waals surface area contributed by atoms with Crippen LogP contribution >= 0.6 is 0 Å². The van der Waals surface area contributed by atoms with Gasteiger partial charge in [-0.2, -0.15) is 0 Å². The third-order valence-electron chi connectivity index (χ3n) is 2.88. The van der Waals surface area contributed by atoms with E-state index < -0.39 is 0 Å². The van der Waals surface area contributed by atoms with Crippen LogP contribution < -0.4 is 5.56 Å².